The zero-order valence-electron chi connectivity index (χ0n) is 13.9. The Morgan fingerprint density at radius 2 is 1.96 bits per heavy atom. The van der Waals surface area contributed by atoms with E-state index in [2.05, 4.69) is 26.1 Å². The van der Waals surface area contributed by atoms with E-state index in [-0.39, 0.29) is 23.9 Å². The highest BCUT2D eigenvalue weighted by molar-refractivity contribution is 6.31. The first-order valence-corrected chi connectivity index (χ1v) is 8.48. The molecule has 3 amide bonds. The molecule has 2 aliphatic rings. The van der Waals surface area contributed by atoms with Gasteiger partial charge in [-0.15, -0.1) is 0 Å². The maximum atomic E-state index is 13.0. The Labute approximate surface area is 142 Å². The molecule has 0 unspecified atom stereocenters. The Bertz CT molecular complexity index is 658. The second-order valence-corrected chi connectivity index (χ2v) is 8.26. The summed E-state index contributed by atoms with van der Waals surface area (Å²) in [7, 11) is 0. The van der Waals surface area contributed by atoms with Crippen LogP contribution in [0.4, 0.5) is 4.79 Å². The van der Waals surface area contributed by atoms with E-state index in [0.29, 0.717) is 23.8 Å². The predicted octanol–water partition coefficient (Wildman–Crippen LogP) is 3.98. The van der Waals surface area contributed by atoms with Crippen LogP contribution in [-0.4, -0.2) is 22.4 Å². The van der Waals surface area contributed by atoms with E-state index in [9.17, 15) is 9.59 Å². The number of amides is 3. The number of imide groups is 1. The quantitative estimate of drug-likeness (QED) is 0.832. The van der Waals surface area contributed by atoms with Crippen molar-refractivity contribution >= 4 is 23.5 Å². The van der Waals surface area contributed by atoms with Crippen LogP contribution in [0.5, 0.6) is 0 Å². The molecule has 1 saturated carbocycles. The summed E-state index contributed by atoms with van der Waals surface area (Å²) in [5.41, 5.74) is 0.0818. The van der Waals surface area contributed by atoms with Crippen molar-refractivity contribution in [3.63, 3.8) is 0 Å². The number of hydrogen-bond acceptors (Lipinski definition) is 2. The van der Waals surface area contributed by atoms with Crippen molar-refractivity contribution in [2.75, 3.05) is 0 Å². The smallest absolute Gasteiger partial charge is 0.323 e. The highest BCUT2D eigenvalue weighted by Gasteiger charge is 2.56. The van der Waals surface area contributed by atoms with Gasteiger partial charge in [0.05, 0.1) is 6.54 Å². The molecular formula is C18H23ClN2O2. The molecule has 1 aromatic carbocycles. The average molecular weight is 335 g/mol. The van der Waals surface area contributed by atoms with Crippen LogP contribution in [0.1, 0.15) is 45.6 Å². The van der Waals surface area contributed by atoms with Gasteiger partial charge in [-0.25, -0.2) is 4.79 Å². The van der Waals surface area contributed by atoms with Crippen LogP contribution in [-0.2, 0) is 11.3 Å². The van der Waals surface area contributed by atoms with Crippen molar-refractivity contribution < 1.29 is 9.59 Å². The molecule has 5 heteroatoms. The number of halogens is 1. The standard InChI is InChI=1S/C18H23ClN2O2/c1-12-8-17(2,3)11-18(9-12)15(22)21(16(23)20-18)10-13-6-4-5-7-14(13)19/h4-7,12H,8-11H2,1-3H3,(H,20,23)/t12-,18+/m1/s1. The molecular weight excluding hydrogens is 312 g/mol. The van der Waals surface area contributed by atoms with E-state index in [1.54, 1.807) is 6.07 Å². The molecule has 3 rings (SSSR count). The Morgan fingerprint density at radius 1 is 1.26 bits per heavy atom. The van der Waals surface area contributed by atoms with Crippen molar-refractivity contribution in [2.45, 2.75) is 52.1 Å². The van der Waals surface area contributed by atoms with Crippen molar-refractivity contribution in [3.8, 4) is 0 Å². The zero-order chi connectivity index (χ0) is 16.8. The average Bonchev–Trinajstić information content (AvgIpc) is 2.62. The molecule has 1 saturated heterocycles. The van der Waals surface area contributed by atoms with Gasteiger partial charge in [-0.05, 0) is 42.2 Å². The molecule has 124 valence electrons. The second-order valence-electron chi connectivity index (χ2n) is 7.85. The molecule has 0 bridgehead atoms. The summed E-state index contributed by atoms with van der Waals surface area (Å²) in [5, 5.41) is 3.56. The fourth-order valence-corrected chi connectivity index (χ4v) is 4.64. The van der Waals surface area contributed by atoms with E-state index in [0.717, 1.165) is 12.0 Å². The number of nitrogens with one attached hydrogen (secondary N) is 1. The number of benzene rings is 1. The van der Waals surface area contributed by atoms with Crippen LogP contribution in [0.3, 0.4) is 0 Å². The number of rotatable bonds is 2. The first kappa shape index (κ1) is 16.3. The number of nitrogens with zero attached hydrogens (tertiary/aromatic N) is 1. The Morgan fingerprint density at radius 3 is 2.61 bits per heavy atom. The lowest BCUT2D eigenvalue weighted by Gasteiger charge is -2.43. The van der Waals surface area contributed by atoms with E-state index < -0.39 is 5.54 Å². The summed E-state index contributed by atoms with van der Waals surface area (Å²) >= 11 is 6.17. The van der Waals surface area contributed by atoms with Gasteiger partial charge >= 0.3 is 6.03 Å². The summed E-state index contributed by atoms with van der Waals surface area (Å²) in [6.45, 7) is 6.71. The van der Waals surface area contributed by atoms with Gasteiger partial charge in [0.25, 0.3) is 5.91 Å². The summed E-state index contributed by atoms with van der Waals surface area (Å²) in [6.07, 6.45) is 2.47. The van der Waals surface area contributed by atoms with Gasteiger partial charge in [-0.2, -0.15) is 0 Å². The maximum Gasteiger partial charge on any atom is 0.325 e. The number of carbonyl (C=O) groups is 2. The molecule has 0 radical (unpaired) electrons. The van der Waals surface area contributed by atoms with Gasteiger partial charge in [0.2, 0.25) is 0 Å². The minimum atomic E-state index is -0.750. The lowest BCUT2D eigenvalue weighted by molar-refractivity contribution is -0.135. The molecule has 1 heterocycles. The molecule has 2 fully saturated rings. The monoisotopic (exact) mass is 334 g/mol. The Balaban J connectivity index is 1.87. The van der Waals surface area contributed by atoms with E-state index in [1.807, 2.05) is 18.2 Å². The van der Waals surface area contributed by atoms with Crippen LogP contribution < -0.4 is 5.32 Å². The van der Waals surface area contributed by atoms with Crippen molar-refractivity contribution in [2.24, 2.45) is 11.3 Å². The number of carbonyl (C=O) groups excluding carboxylic acids is 2. The summed E-state index contributed by atoms with van der Waals surface area (Å²) < 4.78 is 0. The van der Waals surface area contributed by atoms with Crippen molar-refractivity contribution in [3.05, 3.63) is 34.9 Å². The lowest BCUT2D eigenvalue weighted by atomic mass is 9.64. The Hall–Kier alpha value is -1.55. The molecule has 1 spiro atoms. The van der Waals surface area contributed by atoms with Gasteiger partial charge in [0.1, 0.15) is 5.54 Å². The van der Waals surface area contributed by atoms with Gasteiger partial charge < -0.3 is 5.32 Å². The van der Waals surface area contributed by atoms with E-state index >= 15 is 0 Å². The van der Waals surface area contributed by atoms with E-state index in [4.69, 9.17) is 11.6 Å². The van der Waals surface area contributed by atoms with Crippen LogP contribution in [0.15, 0.2) is 24.3 Å². The maximum absolute atomic E-state index is 13.0. The Kier molecular flexibility index (Phi) is 3.91. The van der Waals surface area contributed by atoms with Crippen LogP contribution >= 0.6 is 11.6 Å². The predicted molar refractivity (Wildman–Crippen MR) is 90.1 cm³/mol. The first-order valence-electron chi connectivity index (χ1n) is 8.10. The molecule has 4 nitrogen and oxygen atoms in total. The normalized spacial score (nSPS) is 29.9. The molecule has 1 aromatic rings. The molecule has 1 N–H and O–H groups in total. The van der Waals surface area contributed by atoms with Gasteiger partial charge in [-0.1, -0.05) is 50.6 Å². The molecule has 23 heavy (non-hydrogen) atoms. The van der Waals surface area contributed by atoms with E-state index in [1.165, 1.54) is 4.90 Å². The van der Waals surface area contributed by atoms with Crippen LogP contribution in [0.2, 0.25) is 5.02 Å². The van der Waals surface area contributed by atoms with Crippen molar-refractivity contribution in [1.82, 2.24) is 10.2 Å². The van der Waals surface area contributed by atoms with Crippen molar-refractivity contribution in [1.29, 1.82) is 0 Å². The minimum absolute atomic E-state index is 0.0427. The third-order valence-electron chi connectivity index (χ3n) is 4.91. The highest BCUT2D eigenvalue weighted by Crippen LogP contribution is 2.46. The number of urea groups is 1. The summed E-state index contributed by atoms with van der Waals surface area (Å²) in [5.74, 6) is 0.297. The fourth-order valence-electron chi connectivity index (χ4n) is 4.45. The third kappa shape index (κ3) is 2.97. The van der Waals surface area contributed by atoms with Gasteiger partial charge in [0, 0.05) is 5.02 Å². The highest BCUT2D eigenvalue weighted by atomic mass is 35.5. The van der Waals surface area contributed by atoms with Gasteiger partial charge in [-0.3, -0.25) is 9.69 Å². The first-order chi connectivity index (χ1) is 10.7. The summed E-state index contributed by atoms with van der Waals surface area (Å²) in [6, 6.07) is 7.02. The molecule has 0 aromatic heterocycles. The SMILES string of the molecule is C[C@@H]1CC(C)(C)C[C@]2(C1)NC(=O)N(Cc1ccccc1Cl)C2=O. The summed E-state index contributed by atoms with van der Waals surface area (Å²) in [4.78, 5) is 26.8. The second kappa shape index (κ2) is 5.52. The third-order valence-corrected chi connectivity index (χ3v) is 5.28. The number of hydrogen-bond donors (Lipinski definition) is 1. The van der Waals surface area contributed by atoms with Gasteiger partial charge in [0.15, 0.2) is 0 Å². The fraction of sp³-hybridized carbons (Fsp3) is 0.556. The lowest BCUT2D eigenvalue weighted by Crippen LogP contribution is -2.54. The molecule has 1 aliphatic heterocycles. The van der Waals surface area contributed by atoms with Crippen LogP contribution in [0.25, 0.3) is 0 Å². The molecule has 1 aliphatic carbocycles. The van der Waals surface area contributed by atoms with Crippen LogP contribution in [0, 0.1) is 11.3 Å². The topological polar surface area (TPSA) is 49.4 Å². The molecule has 2 atom stereocenters. The zero-order valence-corrected chi connectivity index (χ0v) is 14.6. The largest absolute Gasteiger partial charge is 0.325 e. The minimum Gasteiger partial charge on any atom is -0.323 e.